The van der Waals surface area contributed by atoms with E-state index in [1.54, 1.807) is 51.4 Å². The number of rotatable bonds is 2. The average Bonchev–Trinajstić information content (AvgIpc) is 3.01. The van der Waals surface area contributed by atoms with Gasteiger partial charge < -0.3 is 0 Å². The van der Waals surface area contributed by atoms with E-state index in [0.717, 1.165) is 40.4 Å². The predicted molar refractivity (Wildman–Crippen MR) is 115 cm³/mol. The first kappa shape index (κ1) is 21.4. The average molecular weight is 355 g/mol. The Bertz CT molecular complexity index is 479. The quantitative estimate of drug-likeness (QED) is 0.455. The Labute approximate surface area is 164 Å². The molecule has 0 aromatic rings. The Morgan fingerprint density at radius 3 is 2.12 bits per heavy atom. The van der Waals surface area contributed by atoms with E-state index in [1.807, 2.05) is 0 Å². The van der Waals surface area contributed by atoms with Crippen LogP contribution in [0, 0.1) is 66.1 Å². The van der Waals surface area contributed by atoms with Crippen LogP contribution in [0.2, 0.25) is 0 Å². The van der Waals surface area contributed by atoms with Gasteiger partial charge in [-0.05, 0) is 91.8 Å². The Morgan fingerprint density at radius 1 is 0.731 bits per heavy atom. The molecule has 0 nitrogen and oxygen atoms in total. The zero-order valence-corrected chi connectivity index (χ0v) is 17.7. The molecule has 0 heteroatoms. The lowest BCUT2D eigenvalue weighted by molar-refractivity contribution is -0.111. The Balaban J connectivity index is 0.000000570. The molecule has 4 aliphatic rings. The summed E-state index contributed by atoms with van der Waals surface area (Å²) in [5, 5.41) is 0. The van der Waals surface area contributed by atoms with Crippen molar-refractivity contribution in [3.8, 4) is 25.7 Å². The summed E-state index contributed by atoms with van der Waals surface area (Å²) in [5.41, 5.74) is 1.44. The Hall–Kier alpha value is -0.880. The maximum Gasteiger partial charge on any atom is -0.0266 e. The van der Waals surface area contributed by atoms with Gasteiger partial charge in [0.2, 0.25) is 0 Å². The van der Waals surface area contributed by atoms with E-state index in [0.29, 0.717) is 0 Å². The van der Waals surface area contributed by atoms with Crippen molar-refractivity contribution in [2.75, 3.05) is 0 Å². The smallest absolute Gasteiger partial charge is 0.0266 e. The summed E-state index contributed by atoms with van der Waals surface area (Å²) >= 11 is 0. The molecular weight excluding hydrogens is 312 g/mol. The van der Waals surface area contributed by atoms with Crippen LogP contribution in [0.5, 0.6) is 0 Å². The van der Waals surface area contributed by atoms with Gasteiger partial charge in [0.1, 0.15) is 0 Å². The molecule has 0 bridgehead atoms. The molecule has 146 valence electrons. The van der Waals surface area contributed by atoms with Crippen LogP contribution in [-0.4, -0.2) is 0 Å². The molecule has 0 spiro atoms. The molecule has 7 atom stereocenters. The lowest BCUT2D eigenvalue weighted by Crippen LogP contribution is -2.52. The van der Waals surface area contributed by atoms with Crippen LogP contribution in [0.15, 0.2) is 0 Å². The first-order valence-electron chi connectivity index (χ1n) is 11.3. The fraction of sp³-hybridized carbons (Fsp3) is 0.846. The van der Waals surface area contributed by atoms with Gasteiger partial charge in [-0.1, -0.05) is 46.5 Å². The zero-order valence-electron chi connectivity index (χ0n) is 17.7. The highest BCUT2D eigenvalue weighted by Crippen LogP contribution is 2.67. The lowest BCUT2D eigenvalue weighted by atomic mass is 9.45. The standard InChI is InChI=1S/C22H38.2C2H2/c1-4-7-16-10-12-19-18-11-9-17-8-5-6-14-21(17,2)20(18)13-15-22(16,19)3;2*1-2/h16-20H,4-15H2,1-3H3;2*1-2H/t16-,17?,18-,19?,20?,21-,22+;;/m0../s1. The molecule has 0 aromatic heterocycles. The van der Waals surface area contributed by atoms with Crippen molar-refractivity contribution in [1.82, 2.24) is 0 Å². The molecule has 0 radical (unpaired) electrons. The van der Waals surface area contributed by atoms with Crippen molar-refractivity contribution in [2.45, 2.75) is 97.8 Å². The van der Waals surface area contributed by atoms with Gasteiger partial charge in [0.05, 0.1) is 0 Å². The first-order chi connectivity index (χ1) is 12.6. The summed E-state index contributed by atoms with van der Waals surface area (Å²) in [4.78, 5) is 0. The molecule has 4 aliphatic carbocycles. The minimum Gasteiger partial charge on any atom is -0.124 e. The zero-order chi connectivity index (χ0) is 19.4. The van der Waals surface area contributed by atoms with Crippen LogP contribution in [0.1, 0.15) is 97.8 Å². The highest BCUT2D eigenvalue weighted by atomic mass is 14.6. The summed E-state index contributed by atoms with van der Waals surface area (Å²) in [6, 6.07) is 0. The predicted octanol–water partition coefficient (Wildman–Crippen LogP) is 7.33. The Kier molecular flexibility index (Phi) is 7.31. The van der Waals surface area contributed by atoms with Crippen molar-refractivity contribution in [1.29, 1.82) is 0 Å². The van der Waals surface area contributed by atoms with E-state index in [9.17, 15) is 0 Å². The van der Waals surface area contributed by atoms with Crippen molar-refractivity contribution < 1.29 is 0 Å². The third-order valence-corrected chi connectivity index (χ3v) is 9.42. The van der Waals surface area contributed by atoms with Crippen molar-refractivity contribution >= 4 is 0 Å². The van der Waals surface area contributed by atoms with Gasteiger partial charge in [0.25, 0.3) is 0 Å². The van der Waals surface area contributed by atoms with Crippen LogP contribution in [0.4, 0.5) is 0 Å². The molecular formula is C26H42. The third-order valence-electron chi connectivity index (χ3n) is 9.42. The van der Waals surface area contributed by atoms with Crippen LogP contribution in [-0.2, 0) is 0 Å². The Morgan fingerprint density at radius 2 is 1.42 bits per heavy atom. The maximum absolute atomic E-state index is 4.00. The molecule has 26 heavy (non-hydrogen) atoms. The second-order valence-corrected chi connectivity index (χ2v) is 10.0. The SMILES string of the molecule is C#C.C#C.CCC[C@H]1CCC2[C@@H]3CCC4CCCC[C@]4(C)C3CC[C@@]21C. The number of hydrogen-bond acceptors (Lipinski definition) is 0. The van der Waals surface area contributed by atoms with Crippen molar-refractivity contribution in [3.63, 3.8) is 0 Å². The second kappa shape index (κ2) is 8.87. The van der Waals surface area contributed by atoms with Gasteiger partial charge in [0, 0.05) is 0 Å². The number of fused-ring (bicyclic) bond motifs is 5. The molecule has 3 unspecified atom stereocenters. The minimum atomic E-state index is 0.717. The fourth-order valence-corrected chi connectivity index (χ4v) is 8.23. The highest BCUT2D eigenvalue weighted by Gasteiger charge is 2.59. The summed E-state index contributed by atoms with van der Waals surface area (Å²) in [6.45, 7) is 7.82. The van der Waals surface area contributed by atoms with Gasteiger partial charge in [-0.2, -0.15) is 0 Å². The number of terminal acetylenes is 2. The summed E-state index contributed by atoms with van der Waals surface area (Å²) in [7, 11) is 0. The van der Waals surface area contributed by atoms with Crippen LogP contribution in [0.3, 0.4) is 0 Å². The maximum atomic E-state index is 4.00. The van der Waals surface area contributed by atoms with E-state index >= 15 is 0 Å². The molecule has 4 rings (SSSR count). The van der Waals surface area contributed by atoms with Crippen LogP contribution >= 0.6 is 0 Å². The molecule has 4 fully saturated rings. The summed E-state index contributed by atoms with van der Waals surface area (Å²) in [6.07, 6.45) is 34.5. The van der Waals surface area contributed by atoms with Gasteiger partial charge in [-0.3, -0.25) is 0 Å². The summed E-state index contributed by atoms with van der Waals surface area (Å²) in [5.74, 6) is 5.41. The second-order valence-electron chi connectivity index (χ2n) is 10.0. The molecule has 0 amide bonds. The highest BCUT2D eigenvalue weighted by molar-refractivity contribution is 5.08. The molecule has 0 saturated heterocycles. The molecule has 0 aromatic carbocycles. The molecule has 0 heterocycles. The van der Waals surface area contributed by atoms with Crippen LogP contribution < -0.4 is 0 Å². The number of hydrogen-bond donors (Lipinski definition) is 0. The first-order valence-corrected chi connectivity index (χ1v) is 11.3. The van der Waals surface area contributed by atoms with E-state index in [4.69, 9.17) is 0 Å². The fourth-order valence-electron chi connectivity index (χ4n) is 8.23. The van der Waals surface area contributed by atoms with Crippen LogP contribution in [0.25, 0.3) is 0 Å². The molecule has 0 aliphatic heterocycles. The topological polar surface area (TPSA) is 0 Å². The van der Waals surface area contributed by atoms with E-state index < -0.39 is 0 Å². The monoisotopic (exact) mass is 354 g/mol. The van der Waals surface area contributed by atoms with Crippen molar-refractivity contribution in [2.24, 2.45) is 40.4 Å². The van der Waals surface area contributed by atoms with Gasteiger partial charge >= 0.3 is 0 Å². The lowest BCUT2D eigenvalue weighted by Gasteiger charge is -2.60. The van der Waals surface area contributed by atoms with Gasteiger partial charge in [0.15, 0.2) is 0 Å². The van der Waals surface area contributed by atoms with E-state index in [1.165, 1.54) is 25.7 Å². The normalized spacial score (nSPS) is 46.2. The largest absolute Gasteiger partial charge is 0.124 e. The van der Waals surface area contributed by atoms with E-state index in [2.05, 4.69) is 46.5 Å². The minimum absolute atomic E-state index is 0.717. The third kappa shape index (κ3) is 3.35. The van der Waals surface area contributed by atoms with Gasteiger partial charge in [-0.25, -0.2) is 0 Å². The van der Waals surface area contributed by atoms with Crippen molar-refractivity contribution in [3.05, 3.63) is 0 Å². The molecule has 4 saturated carbocycles. The summed E-state index contributed by atoms with van der Waals surface area (Å²) < 4.78 is 0. The van der Waals surface area contributed by atoms with E-state index in [-0.39, 0.29) is 0 Å². The van der Waals surface area contributed by atoms with Gasteiger partial charge in [-0.15, -0.1) is 25.7 Å². The molecule has 0 N–H and O–H groups in total.